The van der Waals surface area contributed by atoms with Gasteiger partial charge in [-0.2, -0.15) is 10.4 Å². The van der Waals surface area contributed by atoms with Crippen molar-refractivity contribution in [3.05, 3.63) is 69.5 Å². The predicted octanol–water partition coefficient (Wildman–Crippen LogP) is 3.76. The van der Waals surface area contributed by atoms with Gasteiger partial charge in [-0.05, 0) is 30.7 Å². The van der Waals surface area contributed by atoms with Gasteiger partial charge < -0.3 is 5.32 Å². The van der Waals surface area contributed by atoms with Gasteiger partial charge in [0.2, 0.25) is 0 Å². The van der Waals surface area contributed by atoms with Gasteiger partial charge in [0.15, 0.2) is 0 Å². The summed E-state index contributed by atoms with van der Waals surface area (Å²) in [7, 11) is 0. The van der Waals surface area contributed by atoms with Crippen molar-refractivity contribution in [3.63, 3.8) is 0 Å². The van der Waals surface area contributed by atoms with E-state index in [-0.39, 0.29) is 12.1 Å². The molecule has 0 unspecified atom stereocenters. The lowest BCUT2D eigenvalue weighted by atomic mass is 10.1. The summed E-state index contributed by atoms with van der Waals surface area (Å²) in [6.45, 7) is 6.02. The molecule has 1 N–H and O–H groups in total. The van der Waals surface area contributed by atoms with E-state index in [2.05, 4.69) is 17.0 Å². The van der Waals surface area contributed by atoms with E-state index in [1.807, 2.05) is 18.2 Å². The lowest BCUT2D eigenvalue weighted by Gasteiger charge is -2.04. The van der Waals surface area contributed by atoms with Crippen LogP contribution in [0.25, 0.3) is 6.08 Å². The molecule has 1 heterocycles. The quantitative estimate of drug-likeness (QED) is 0.475. The molecule has 0 saturated heterocycles. The number of nitrogens with one attached hydrogen (secondary N) is 1. The number of nitriles is 1. The van der Waals surface area contributed by atoms with Crippen LogP contribution >= 0.6 is 23.2 Å². The molecule has 0 saturated carbocycles. The van der Waals surface area contributed by atoms with Crippen molar-refractivity contribution >= 4 is 35.2 Å². The summed E-state index contributed by atoms with van der Waals surface area (Å²) in [6, 6.07) is 9.23. The average molecular weight is 375 g/mol. The molecule has 2 rings (SSSR count). The molecular formula is C18H16Cl2N4O. The van der Waals surface area contributed by atoms with Crippen LogP contribution in [0.3, 0.4) is 0 Å². The topological polar surface area (TPSA) is 70.7 Å². The number of aryl methyl sites for hydroxylation is 1. The van der Waals surface area contributed by atoms with Crippen molar-refractivity contribution in [2.45, 2.75) is 13.5 Å². The van der Waals surface area contributed by atoms with Crippen LogP contribution in [0.2, 0.25) is 10.2 Å². The van der Waals surface area contributed by atoms with Gasteiger partial charge in [-0.1, -0.05) is 41.4 Å². The van der Waals surface area contributed by atoms with Crippen LogP contribution in [0, 0.1) is 18.3 Å². The summed E-state index contributed by atoms with van der Waals surface area (Å²) >= 11 is 12.3. The Kier molecular flexibility index (Phi) is 6.40. The zero-order valence-electron chi connectivity index (χ0n) is 13.6. The molecule has 0 fully saturated rings. The molecule has 0 aliphatic heterocycles. The number of rotatable bonds is 6. The summed E-state index contributed by atoms with van der Waals surface area (Å²) in [5.41, 5.74) is 2.11. The van der Waals surface area contributed by atoms with Crippen molar-refractivity contribution < 1.29 is 4.79 Å². The molecule has 25 heavy (non-hydrogen) atoms. The van der Waals surface area contributed by atoms with E-state index in [9.17, 15) is 10.1 Å². The molecule has 128 valence electrons. The molecule has 0 aliphatic carbocycles. The first-order chi connectivity index (χ1) is 12.0. The number of carbonyl (C=O) groups is 1. The lowest BCUT2D eigenvalue weighted by molar-refractivity contribution is -0.116. The van der Waals surface area contributed by atoms with Crippen molar-refractivity contribution in [3.8, 4) is 6.07 Å². The Labute approximate surface area is 156 Å². The third-order valence-corrected chi connectivity index (χ3v) is 4.07. The maximum Gasteiger partial charge on any atom is 0.262 e. The molecule has 2 aromatic rings. The number of carbonyl (C=O) groups excluding carboxylic acids is 1. The monoisotopic (exact) mass is 374 g/mol. The van der Waals surface area contributed by atoms with Crippen LogP contribution in [0.5, 0.6) is 0 Å². The first kappa shape index (κ1) is 18.8. The fraction of sp³-hybridized carbons (Fsp3) is 0.167. The Morgan fingerprint density at radius 1 is 1.40 bits per heavy atom. The van der Waals surface area contributed by atoms with Crippen LogP contribution in [0.4, 0.5) is 0 Å². The third-order valence-electron chi connectivity index (χ3n) is 3.42. The van der Waals surface area contributed by atoms with Crippen molar-refractivity contribution in [1.82, 2.24) is 15.1 Å². The first-order valence-electron chi connectivity index (χ1n) is 7.44. The number of hydrogen-bond acceptors (Lipinski definition) is 3. The second kappa shape index (κ2) is 8.52. The molecule has 0 radical (unpaired) electrons. The fourth-order valence-corrected chi connectivity index (χ4v) is 2.57. The second-order valence-corrected chi connectivity index (χ2v) is 6.04. The Morgan fingerprint density at radius 3 is 2.68 bits per heavy atom. The van der Waals surface area contributed by atoms with Gasteiger partial charge in [0.1, 0.15) is 16.8 Å². The van der Waals surface area contributed by atoms with Gasteiger partial charge in [-0.25, -0.2) is 4.68 Å². The van der Waals surface area contributed by atoms with Gasteiger partial charge in [-0.3, -0.25) is 4.79 Å². The molecule has 0 aliphatic rings. The molecule has 1 aromatic carbocycles. The molecule has 5 nitrogen and oxygen atoms in total. The molecule has 7 heteroatoms. The van der Waals surface area contributed by atoms with E-state index < -0.39 is 5.91 Å². The highest BCUT2D eigenvalue weighted by Crippen LogP contribution is 2.24. The summed E-state index contributed by atoms with van der Waals surface area (Å²) in [5.74, 6) is -0.483. The minimum Gasteiger partial charge on any atom is -0.348 e. The van der Waals surface area contributed by atoms with E-state index in [0.717, 1.165) is 5.56 Å². The highest BCUT2D eigenvalue weighted by molar-refractivity contribution is 6.31. The normalized spacial score (nSPS) is 11.0. The van der Waals surface area contributed by atoms with Crippen molar-refractivity contribution in [2.75, 3.05) is 6.54 Å². The van der Waals surface area contributed by atoms with Crippen molar-refractivity contribution in [1.29, 1.82) is 5.26 Å². The molecule has 1 amide bonds. The smallest absolute Gasteiger partial charge is 0.262 e. The Bertz CT molecular complexity index is 860. The van der Waals surface area contributed by atoms with E-state index in [1.54, 1.807) is 23.7 Å². The van der Waals surface area contributed by atoms with E-state index in [0.29, 0.717) is 28.0 Å². The van der Waals surface area contributed by atoms with Crippen LogP contribution in [-0.2, 0) is 11.3 Å². The molecular weight excluding hydrogens is 359 g/mol. The third kappa shape index (κ3) is 4.72. The maximum atomic E-state index is 12.0. The lowest BCUT2D eigenvalue weighted by Crippen LogP contribution is -2.24. The second-order valence-electron chi connectivity index (χ2n) is 5.24. The van der Waals surface area contributed by atoms with Crippen LogP contribution in [-0.4, -0.2) is 22.2 Å². The molecule has 1 aromatic heterocycles. The Morgan fingerprint density at radius 2 is 2.08 bits per heavy atom. The van der Waals surface area contributed by atoms with E-state index >= 15 is 0 Å². The summed E-state index contributed by atoms with van der Waals surface area (Å²) in [6.07, 6.45) is 2.98. The van der Waals surface area contributed by atoms with Gasteiger partial charge in [-0.15, -0.1) is 6.58 Å². The van der Waals surface area contributed by atoms with Crippen LogP contribution in [0.1, 0.15) is 16.8 Å². The van der Waals surface area contributed by atoms with E-state index in [4.69, 9.17) is 23.2 Å². The zero-order chi connectivity index (χ0) is 18.4. The number of halogens is 2. The first-order valence-corrected chi connectivity index (χ1v) is 8.20. The Hall–Kier alpha value is -2.55. The number of amides is 1. The summed E-state index contributed by atoms with van der Waals surface area (Å²) in [4.78, 5) is 12.0. The minimum atomic E-state index is -0.483. The molecule has 0 spiro atoms. The van der Waals surface area contributed by atoms with Gasteiger partial charge in [0, 0.05) is 17.1 Å². The molecule has 0 atom stereocenters. The van der Waals surface area contributed by atoms with Gasteiger partial charge >= 0.3 is 0 Å². The summed E-state index contributed by atoms with van der Waals surface area (Å²) < 4.78 is 1.61. The Balaban J connectivity index is 2.30. The van der Waals surface area contributed by atoms with E-state index in [1.165, 1.54) is 12.2 Å². The predicted molar refractivity (Wildman–Crippen MR) is 99.3 cm³/mol. The maximum absolute atomic E-state index is 12.0. The zero-order valence-corrected chi connectivity index (χ0v) is 15.1. The minimum absolute atomic E-state index is 0.0436. The standard InChI is InChI=1S/C18H16Cl2N4O/c1-3-8-22-18(25)14(10-21)9-16-12(2)23-24(17(16)20)11-13-4-6-15(19)7-5-13/h3-7,9H,1,8,11H2,2H3,(H,22,25)/b14-9+. The molecule has 0 bridgehead atoms. The SMILES string of the molecule is C=CCNC(=O)/C(C#N)=C/c1c(C)nn(Cc2ccc(Cl)cc2)c1Cl. The number of nitrogens with zero attached hydrogens (tertiary/aromatic N) is 3. The number of aromatic nitrogens is 2. The summed E-state index contributed by atoms with van der Waals surface area (Å²) in [5, 5.41) is 17.2. The van der Waals surface area contributed by atoms with Crippen molar-refractivity contribution in [2.24, 2.45) is 0 Å². The van der Waals surface area contributed by atoms with Crippen LogP contribution < -0.4 is 5.32 Å². The van der Waals surface area contributed by atoms with Gasteiger partial charge in [0.25, 0.3) is 5.91 Å². The fourth-order valence-electron chi connectivity index (χ4n) is 2.15. The highest BCUT2D eigenvalue weighted by Gasteiger charge is 2.15. The van der Waals surface area contributed by atoms with Crippen LogP contribution in [0.15, 0.2) is 42.5 Å². The average Bonchev–Trinajstić information content (AvgIpc) is 2.86. The largest absolute Gasteiger partial charge is 0.348 e. The number of hydrogen-bond donors (Lipinski definition) is 1. The number of benzene rings is 1. The highest BCUT2D eigenvalue weighted by atomic mass is 35.5. The van der Waals surface area contributed by atoms with Gasteiger partial charge in [0.05, 0.1) is 12.2 Å².